The van der Waals surface area contributed by atoms with Crippen LogP contribution in [0.3, 0.4) is 0 Å². The number of anilines is 1. The minimum atomic E-state index is -1.09. The van der Waals surface area contributed by atoms with Crippen molar-refractivity contribution in [3.8, 4) is 0 Å². The summed E-state index contributed by atoms with van der Waals surface area (Å²) in [7, 11) is 0. The minimum Gasteiger partial charge on any atom is -0.480 e. The van der Waals surface area contributed by atoms with Crippen LogP contribution < -0.4 is 10.6 Å². The maximum Gasteiger partial charge on any atom is 0.325 e. The molecule has 3 N–H and O–H groups in total. The number of aromatic nitrogens is 2. The topological polar surface area (TPSA) is 104 Å². The number of nitrogens with zero attached hydrogens (tertiary/aromatic N) is 2. The lowest BCUT2D eigenvalue weighted by Crippen LogP contribution is -2.40. The van der Waals surface area contributed by atoms with E-state index < -0.39 is 18.0 Å². The van der Waals surface area contributed by atoms with E-state index in [0.29, 0.717) is 5.00 Å². The van der Waals surface area contributed by atoms with Gasteiger partial charge in [-0.3, -0.25) is 10.1 Å². The van der Waals surface area contributed by atoms with Crippen molar-refractivity contribution in [3.05, 3.63) is 6.20 Å². The number of aliphatic carboxylic acids is 1. The largest absolute Gasteiger partial charge is 0.480 e. The van der Waals surface area contributed by atoms with Gasteiger partial charge in [0, 0.05) is 11.5 Å². The van der Waals surface area contributed by atoms with E-state index in [-0.39, 0.29) is 0 Å². The molecule has 0 aliphatic rings. The molecule has 0 bridgehead atoms. The molecule has 0 aliphatic carbocycles. The standard InChI is InChI=1S/C6H8N4O3S/c1-3(5(11)12)8-6(13)9-4-2-7-10-14-4/h2-3H,1H3,(H,11,12)(H2,8,9,13)/t3-/m1/s1. The van der Waals surface area contributed by atoms with E-state index in [1.165, 1.54) is 13.1 Å². The molecule has 2 amide bonds. The Hall–Kier alpha value is -1.70. The van der Waals surface area contributed by atoms with Crippen molar-refractivity contribution < 1.29 is 14.7 Å². The highest BCUT2D eigenvalue weighted by Crippen LogP contribution is 2.08. The van der Waals surface area contributed by atoms with Crippen LogP contribution in [-0.4, -0.2) is 32.7 Å². The summed E-state index contributed by atoms with van der Waals surface area (Å²) in [6.07, 6.45) is 1.37. The number of rotatable bonds is 3. The SMILES string of the molecule is C[C@@H](NC(=O)Nc1cnns1)C(=O)O. The molecule has 0 saturated carbocycles. The van der Waals surface area contributed by atoms with Crippen molar-refractivity contribution in [1.29, 1.82) is 0 Å². The van der Waals surface area contributed by atoms with Gasteiger partial charge in [0.2, 0.25) is 0 Å². The summed E-state index contributed by atoms with van der Waals surface area (Å²) < 4.78 is 3.52. The summed E-state index contributed by atoms with van der Waals surface area (Å²) in [6.45, 7) is 1.37. The molecule has 0 spiro atoms. The number of carboxylic acids is 1. The van der Waals surface area contributed by atoms with Crippen molar-refractivity contribution in [1.82, 2.24) is 14.9 Å². The number of amides is 2. The van der Waals surface area contributed by atoms with Crippen LogP contribution in [-0.2, 0) is 4.79 Å². The van der Waals surface area contributed by atoms with Crippen LogP contribution in [0.5, 0.6) is 0 Å². The molecular weight excluding hydrogens is 208 g/mol. The Balaban J connectivity index is 2.40. The Kier molecular flexibility index (Phi) is 3.35. The van der Waals surface area contributed by atoms with Gasteiger partial charge in [-0.2, -0.15) is 0 Å². The van der Waals surface area contributed by atoms with E-state index in [2.05, 4.69) is 20.2 Å². The molecule has 7 nitrogen and oxygen atoms in total. The fraction of sp³-hybridized carbons (Fsp3) is 0.333. The number of hydrogen-bond donors (Lipinski definition) is 3. The predicted molar refractivity (Wildman–Crippen MR) is 49.2 cm³/mol. The van der Waals surface area contributed by atoms with Crippen LogP contribution in [0.2, 0.25) is 0 Å². The highest BCUT2D eigenvalue weighted by Gasteiger charge is 2.13. The first-order chi connectivity index (χ1) is 6.59. The van der Waals surface area contributed by atoms with Crippen LogP contribution in [0, 0.1) is 0 Å². The molecule has 8 heteroatoms. The van der Waals surface area contributed by atoms with Gasteiger partial charge in [0.1, 0.15) is 11.0 Å². The third kappa shape index (κ3) is 2.98. The van der Waals surface area contributed by atoms with Gasteiger partial charge >= 0.3 is 12.0 Å². The van der Waals surface area contributed by atoms with Crippen LogP contribution in [0.1, 0.15) is 6.92 Å². The molecule has 1 aromatic heterocycles. The molecule has 0 saturated heterocycles. The van der Waals surface area contributed by atoms with Gasteiger partial charge in [-0.05, 0) is 6.92 Å². The molecule has 1 atom stereocenters. The van der Waals surface area contributed by atoms with Crippen LogP contribution in [0.25, 0.3) is 0 Å². The Morgan fingerprint density at radius 2 is 2.36 bits per heavy atom. The molecule has 1 heterocycles. The summed E-state index contributed by atoms with van der Waals surface area (Å²) in [4.78, 5) is 21.5. The predicted octanol–water partition coefficient (Wildman–Crippen LogP) is 0.133. The van der Waals surface area contributed by atoms with Crippen molar-refractivity contribution in [2.75, 3.05) is 5.32 Å². The normalized spacial score (nSPS) is 11.8. The van der Waals surface area contributed by atoms with Crippen molar-refractivity contribution >= 4 is 28.5 Å². The van der Waals surface area contributed by atoms with E-state index in [1.54, 1.807) is 0 Å². The fourth-order valence-electron chi connectivity index (χ4n) is 0.629. The lowest BCUT2D eigenvalue weighted by molar-refractivity contribution is -0.138. The van der Waals surface area contributed by atoms with Crippen molar-refractivity contribution in [3.63, 3.8) is 0 Å². The average molecular weight is 216 g/mol. The summed E-state index contributed by atoms with van der Waals surface area (Å²) in [5.74, 6) is -1.09. The molecule has 14 heavy (non-hydrogen) atoms. The number of carboxylic acid groups (broad SMARTS) is 1. The Morgan fingerprint density at radius 1 is 1.64 bits per heavy atom. The van der Waals surface area contributed by atoms with Crippen molar-refractivity contribution in [2.45, 2.75) is 13.0 Å². The summed E-state index contributed by atoms with van der Waals surface area (Å²) in [5, 5.41) is 17.1. The molecule has 1 rings (SSSR count). The summed E-state index contributed by atoms with van der Waals surface area (Å²) >= 11 is 1.01. The number of carbonyl (C=O) groups is 2. The molecular formula is C6H8N4O3S. The van der Waals surface area contributed by atoms with Crippen LogP contribution in [0.15, 0.2) is 6.20 Å². The number of hydrogen-bond acceptors (Lipinski definition) is 5. The lowest BCUT2D eigenvalue weighted by atomic mass is 10.3. The van der Waals surface area contributed by atoms with Gasteiger partial charge in [0.15, 0.2) is 0 Å². The number of urea groups is 1. The van der Waals surface area contributed by atoms with Gasteiger partial charge < -0.3 is 10.4 Å². The number of nitrogens with one attached hydrogen (secondary N) is 2. The van der Waals surface area contributed by atoms with Gasteiger partial charge in [0.05, 0.1) is 6.20 Å². The maximum absolute atomic E-state index is 11.1. The Labute approximate surface area is 83.3 Å². The molecule has 0 aliphatic heterocycles. The second-order valence-electron chi connectivity index (χ2n) is 2.44. The van der Waals surface area contributed by atoms with E-state index in [0.717, 1.165) is 11.5 Å². The van der Waals surface area contributed by atoms with E-state index in [4.69, 9.17) is 5.11 Å². The highest BCUT2D eigenvalue weighted by molar-refractivity contribution is 7.10. The van der Waals surface area contributed by atoms with E-state index in [9.17, 15) is 9.59 Å². The highest BCUT2D eigenvalue weighted by atomic mass is 32.1. The zero-order chi connectivity index (χ0) is 10.6. The first-order valence-electron chi connectivity index (χ1n) is 3.67. The first-order valence-corrected chi connectivity index (χ1v) is 4.44. The molecule has 0 unspecified atom stereocenters. The third-order valence-corrected chi connectivity index (χ3v) is 1.90. The first kappa shape index (κ1) is 10.4. The van der Waals surface area contributed by atoms with Gasteiger partial charge in [0.25, 0.3) is 0 Å². The summed E-state index contributed by atoms with van der Waals surface area (Å²) in [5.41, 5.74) is 0. The minimum absolute atomic E-state index is 0.458. The average Bonchev–Trinajstić information content (AvgIpc) is 2.56. The van der Waals surface area contributed by atoms with Crippen molar-refractivity contribution in [2.24, 2.45) is 0 Å². The molecule has 0 radical (unpaired) electrons. The summed E-state index contributed by atoms with van der Waals surface area (Å²) in [6, 6.07) is -1.53. The second-order valence-corrected chi connectivity index (χ2v) is 3.23. The van der Waals surface area contributed by atoms with Crippen LogP contribution >= 0.6 is 11.5 Å². The van der Waals surface area contributed by atoms with Gasteiger partial charge in [-0.15, -0.1) is 5.10 Å². The molecule has 76 valence electrons. The quantitative estimate of drug-likeness (QED) is 0.666. The van der Waals surface area contributed by atoms with E-state index >= 15 is 0 Å². The van der Waals surface area contributed by atoms with E-state index in [1.807, 2.05) is 0 Å². The number of carbonyl (C=O) groups excluding carboxylic acids is 1. The Bertz CT molecular complexity index is 326. The second kappa shape index (κ2) is 4.51. The smallest absolute Gasteiger partial charge is 0.325 e. The lowest BCUT2D eigenvalue weighted by Gasteiger charge is -2.08. The zero-order valence-electron chi connectivity index (χ0n) is 7.22. The van der Waals surface area contributed by atoms with Gasteiger partial charge in [-0.25, -0.2) is 4.79 Å². The maximum atomic E-state index is 11.1. The molecule has 0 aromatic carbocycles. The fourth-order valence-corrected chi connectivity index (χ4v) is 1.04. The Morgan fingerprint density at radius 3 is 2.86 bits per heavy atom. The third-order valence-electron chi connectivity index (χ3n) is 1.32. The zero-order valence-corrected chi connectivity index (χ0v) is 8.04. The molecule has 0 fully saturated rings. The van der Waals surface area contributed by atoms with Gasteiger partial charge in [-0.1, -0.05) is 4.49 Å². The molecule has 1 aromatic rings. The monoisotopic (exact) mass is 216 g/mol. The van der Waals surface area contributed by atoms with Crippen LogP contribution in [0.4, 0.5) is 9.80 Å².